The number of nitrogens with zero attached hydrogens (tertiary/aromatic N) is 1. The van der Waals surface area contributed by atoms with Gasteiger partial charge in [0.25, 0.3) is 0 Å². The van der Waals surface area contributed by atoms with E-state index >= 15 is 0 Å². The van der Waals surface area contributed by atoms with Gasteiger partial charge < -0.3 is 14.2 Å². The van der Waals surface area contributed by atoms with E-state index in [9.17, 15) is 9.59 Å². The first-order valence-corrected chi connectivity index (χ1v) is 10.8. The van der Waals surface area contributed by atoms with Crippen molar-refractivity contribution in [2.45, 2.75) is 51.3 Å². The molecule has 0 radical (unpaired) electrons. The number of ether oxygens (including phenoxy) is 3. The molecule has 2 aromatic rings. The Kier molecular flexibility index (Phi) is 6.01. The van der Waals surface area contributed by atoms with Gasteiger partial charge in [-0.1, -0.05) is 18.2 Å². The Morgan fingerprint density at radius 2 is 1.48 bits per heavy atom. The zero-order valence-corrected chi connectivity index (χ0v) is 18.2. The van der Waals surface area contributed by atoms with Crippen LogP contribution in [-0.2, 0) is 9.47 Å². The normalized spacial score (nSPS) is 23.2. The SMILES string of the molecule is CC(C)(C)OC(=O)N1C2COCC1CC(C(=O)c1ccc(Oc3ccccc3)cc1)C2. The lowest BCUT2D eigenvalue weighted by Crippen LogP contribution is -2.60. The molecule has 164 valence electrons. The zero-order chi connectivity index (χ0) is 22.0. The predicted octanol–water partition coefficient (Wildman–Crippen LogP) is 5.08. The molecular weight excluding hydrogens is 394 g/mol. The first-order chi connectivity index (χ1) is 14.8. The first-order valence-electron chi connectivity index (χ1n) is 10.8. The molecule has 6 nitrogen and oxygen atoms in total. The molecule has 1 amide bonds. The highest BCUT2D eigenvalue weighted by Crippen LogP contribution is 2.35. The molecular formula is C25H29NO5. The fourth-order valence-corrected chi connectivity index (χ4v) is 4.29. The number of Topliss-reactive ketones (excluding diaryl/α,β-unsaturated/α-hetero) is 1. The second-order valence-corrected chi connectivity index (χ2v) is 9.20. The number of morpholine rings is 1. The van der Waals surface area contributed by atoms with E-state index in [2.05, 4.69) is 0 Å². The van der Waals surface area contributed by atoms with Crippen molar-refractivity contribution in [3.8, 4) is 11.5 Å². The molecule has 6 heteroatoms. The smallest absolute Gasteiger partial charge is 0.410 e. The van der Waals surface area contributed by atoms with Gasteiger partial charge in [-0.2, -0.15) is 0 Å². The van der Waals surface area contributed by atoms with Gasteiger partial charge in [0, 0.05) is 11.5 Å². The standard InChI is InChI=1S/C25H29NO5/c1-25(2,3)31-24(28)26-19-13-18(14-20(26)16-29-15-19)23(27)17-9-11-22(12-10-17)30-21-7-5-4-6-8-21/h4-12,18-20H,13-16H2,1-3H3. The van der Waals surface area contributed by atoms with E-state index in [1.165, 1.54) is 0 Å². The van der Waals surface area contributed by atoms with Crippen LogP contribution in [-0.4, -0.2) is 47.7 Å². The highest BCUT2D eigenvalue weighted by atomic mass is 16.6. The van der Waals surface area contributed by atoms with Gasteiger partial charge in [0.1, 0.15) is 17.1 Å². The maximum Gasteiger partial charge on any atom is 0.410 e. The Morgan fingerprint density at radius 1 is 0.903 bits per heavy atom. The van der Waals surface area contributed by atoms with Gasteiger partial charge in [-0.05, 0) is 70.0 Å². The summed E-state index contributed by atoms with van der Waals surface area (Å²) in [5.74, 6) is 1.40. The van der Waals surface area contributed by atoms with E-state index in [-0.39, 0.29) is 29.9 Å². The highest BCUT2D eigenvalue weighted by Gasteiger charge is 2.45. The lowest BCUT2D eigenvalue weighted by atomic mass is 9.81. The second kappa shape index (κ2) is 8.71. The van der Waals surface area contributed by atoms with Crippen LogP contribution < -0.4 is 4.74 Å². The number of carbonyl (C=O) groups excluding carboxylic acids is 2. The van der Waals surface area contributed by atoms with Crippen molar-refractivity contribution in [2.24, 2.45) is 5.92 Å². The number of fused-ring (bicyclic) bond motifs is 2. The Balaban J connectivity index is 1.42. The van der Waals surface area contributed by atoms with Gasteiger partial charge in [0.2, 0.25) is 0 Å². The van der Waals surface area contributed by atoms with E-state index in [1.54, 1.807) is 4.90 Å². The maximum absolute atomic E-state index is 13.2. The van der Waals surface area contributed by atoms with E-state index in [1.807, 2.05) is 75.4 Å². The molecule has 2 aliphatic rings. The molecule has 0 spiro atoms. The van der Waals surface area contributed by atoms with Crippen LogP contribution >= 0.6 is 0 Å². The van der Waals surface area contributed by atoms with Crippen LogP contribution in [0.2, 0.25) is 0 Å². The lowest BCUT2D eigenvalue weighted by Gasteiger charge is -2.47. The number of benzene rings is 2. The van der Waals surface area contributed by atoms with Crippen molar-refractivity contribution in [1.29, 1.82) is 0 Å². The summed E-state index contributed by atoms with van der Waals surface area (Å²) in [6.07, 6.45) is 0.840. The summed E-state index contributed by atoms with van der Waals surface area (Å²) in [7, 11) is 0. The van der Waals surface area contributed by atoms with Gasteiger partial charge in [0.15, 0.2) is 5.78 Å². The summed E-state index contributed by atoms with van der Waals surface area (Å²) in [6, 6.07) is 16.5. The monoisotopic (exact) mass is 423 g/mol. The average Bonchev–Trinajstić information content (AvgIpc) is 2.72. The summed E-state index contributed by atoms with van der Waals surface area (Å²) < 4.78 is 17.1. The Labute approximate surface area is 183 Å². The molecule has 2 fully saturated rings. The minimum absolute atomic E-state index is 0.104. The van der Waals surface area contributed by atoms with Crippen LogP contribution in [0, 0.1) is 5.92 Å². The Bertz CT molecular complexity index is 905. The molecule has 0 aliphatic carbocycles. The van der Waals surface area contributed by atoms with Gasteiger partial charge in [-0.15, -0.1) is 0 Å². The number of ketones is 1. The number of hydrogen-bond donors (Lipinski definition) is 0. The van der Waals surface area contributed by atoms with Gasteiger partial charge in [-0.3, -0.25) is 9.69 Å². The van der Waals surface area contributed by atoms with Crippen molar-refractivity contribution >= 4 is 11.9 Å². The van der Waals surface area contributed by atoms with Crippen LogP contribution in [0.25, 0.3) is 0 Å². The molecule has 2 saturated heterocycles. The summed E-state index contributed by atoms with van der Waals surface area (Å²) in [5.41, 5.74) is 0.109. The summed E-state index contributed by atoms with van der Waals surface area (Å²) in [6.45, 7) is 6.45. The van der Waals surface area contributed by atoms with E-state index in [0.717, 1.165) is 5.75 Å². The minimum atomic E-state index is -0.553. The first kappa shape index (κ1) is 21.4. The van der Waals surface area contributed by atoms with Crippen molar-refractivity contribution < 1.29 is 23.8 Å². The molecule has 2 aliphatic heterocycles. The van der Waals surface area contributed by atoms with Crippen molar-refractivity contribution in [3.05, 3.63) is 60.2 Å². The average molecular weight is 424 g/mol. The largest absolute Gasteiger partial charge is 0.457 e. The van der Waals surface area contributed by atoms with E-state index in [0.29, 0.717) is 37.4 Å². The van der Waals surface area contributed by atoms with Crippen molar-refractivity contribution in [1.82, 2.24) is 4.90 Å². The second-order valence-electron chi connectivity index (χ2n) is 9.20. The van der Waals surface area contributed by atoms with Crippen LogP contribution in [0.15, 0.2) is 54.6 Å². The quantitative estimate of drug-likeness (QED) is 0.642. The molecule has 31 heavy (non-hydrogen) atoms. The zero-order valence-electron chi connectivity index (χ0n) is 18.2. The van der Waals surface area contributed by atoms with E-state index < -0.39 is 5.60 Å². The van der Waals surface area contributed by atoms with Gasteiger partial charge in [0.05, 0.1) is 25.3 Å². The Hall–Kier alpha value is -2.86. The number of amides is 1. The molecule has 2 unspecified atom stereocenters. The van der Waals surface area contributed by atoms with Crippen LogP contribution in [0.3, 0.4) is 0 Å². The molecule has 4 rings (SSSR count). The third-order valence-corrected chi connectivity index (χ3v) is 5.61. The summed E-state index contributed by atoms with van der Waals surface area (Å²) in [4.78, 5) is 27.7. The van der Waals surface area contributed by atoms with Gasteiger partial charge in [-0.25, -0.2) is 4.79 Å². The number of para-hydroxylation sites is 1. The van der Waals surface area contributed by atoms with Gasteiger partial charge >= 0.3 is 6.09 Å². The molecule has 0 aromatic heterocycles. The van der Waals surface area contributed by atoms with Crippen LogP contribution in [0.5, 0.6) is 11.5 Å². The number of rotatable bonds is 4. The summed E-state index contributed by atoms with van der Waals surface area (Å²) in [5, 5.41) is 0. The molecule has 2 atom stereocenters. The molecule has 0 N–H and O–H groups in total. The number of hydrogen-bond acceptors (Lipinski definition) is 5. The lowest BCUT2D eigenvalue weighted by molar-refractivity contribution is -0.0861. The van der Waals surface area contributed by atoms with Crippen LogP contribution in [0.1, 0.15) is 44.0 Å². The van der Waals surface area contributed by atoms with Crippen molar-refractivity contribution in [3.63, 3.8) is 0 Å². The van der Waals surface area contributed by atoms with Crippen LogP contribution in [0.4, 0.5) is 4.79 Å². The third-order valence-electron chi connectivity index (χ3n) is 5.61. The molecule has 2 bridgehead atoms. The topological polar surface area (TPSA) is 65.1 Å². The molecule has 2 aromatic carbocycles. The predicted molar refractivity (Wildman–Crippen MR) is 116 cm³/mol. The Morgan fingerprint density at radius 3 is 2.06 bits per heavy atom. The summed E-state index contributed by atoms with van der Waals surface area (Å²) >= 11 is 0. The number of piperidine rings is 1. The van der Waals surface area contributed by atoms with E-state index in [4.69, 9.17) is 14.2 Å². The minimum Gasteiger partial charge on any atom is -0.457 e. The fraction of sp³-hybridized carbons (Fsp3) is 0.440. The maximum atomic E-state index is 13.2. The third kappa shape index (κ3) is 5.07. The molecule has 0 saturated carbocycles. The molecule has 2 heterocycles. The highest BCUT2D eigenvalue weighted by molar-refractivity contribution is 5.98. The fourth-order valence-electron chi connectivity index (χ4n) is 4.29. The number of carbonyl (C=O) groups is 2. The van der Waals surface area contributed by atoms with Crippen molar-refractivity contribution in [2.75, 3.05) is 13.2 Å².